The molecule has 29 heavy (non-hydrogen) atoms. The van der Waals surface area contributed by atoms with Crippen LogP contribution < -0.4 is 5.32 Å². The Bertz CT molecular complexity index is 1260. The van der Waals surface area contributed by atoms with E-state index in [1.807, 2.05) is 0 Å². The van der Waals surface area contributed by atoms with Gasteiger partial charge in [-0.2, -0.15) is 16.8 Å². The van der Waals surface area contributed by atoms with E-state index in [1.54, 1.807) is 12.1 Å². The third kappa shape index (κ3) is 4.81. The average molecular weight is 434 g/mol. The fraction of sp³-hybridized carbons (Fsp3) is 0. The van der Waals surface area contributed by atoms with Gasteiger partial charge in [0.1, 0.15) is 22.5 Å². The smallest absolute Gasteiger partial charge is 0.296 e. The Labute approximate surface area is 166 Å². The van der Waals surface area contributed by atoms with Gasteiger partial charge < -0.3 is 5.32 Å². The van der Waals surface area contributed by atoms with E-state index in [0.717, 1.165) is 0 Å². The summed E-state index contributed by atoms with van der Waals surface area (Å²) >= 11 is 0. The predicted octanol–water partition coefficient (Wildman–Crippen LogP) is 2.22. The second-order valence-corrected chi connectivity index (χ2v) is 8.32. The summed E-state index contributed by atoms with van der Waals surface area (Å²) in [5.74, 6) is 0.0512. The van der Waals surface area contributed by atoms with Gasteiger partial charge in [0, 0.05) is 11.3 Å². The van der Waals surface area contributed by atoms with E-state index < -0.39 is 30.0 Å². The molecule has 0 fully saturated rings. The van der Waals surface area contributed by atoms with E-state index in [9.17, 15) is 25.9 Å². The summed E-state index contributed by atoms with van der Waals surface area (Å²) in [5.41, 5.74) is -0.270. The molecule has 3 aromatic rings. The number of rotatable bonds is 6. The van der Waals surface area contributed by atoms with Gasteiger partial charge in [-0.3, -0.25) is 9.11 Å². The molecule has 12 heteroatoms. The first kappa shape index (κ1) is 20.5. The van der Waals surface area contributed by atoms with Crippen molar-refractivity contribution in [2.75, 3.05) is 5.32 Å². The predicted molar refractivity (Wildman–Crippen MR) is 106 cm³/mol. The monoisotopic (exact) mass is 434 g/mol. The molecule has 3 rings (SSSR count). The highest BCUT2D eigenvalue weighted by Gasteiger charge is 2.31. The van der Waals surface area contributed by atoms with Crippen molar-refractivity contribution in [1.29, 1.82) is 0 Å². The zero-order valence-corrected chi connectivity index (χ0v) is 16.2. The van der Waals surface area contributed by atoms with E-state index in [1.165, 1.54) is 55.1 Å². The maximum Gasteiger partial charge on any atom is 0.296 e. The van der Waals surface area contributed by atoms with E-state index in [2.05, 4.69) is 20.3 Å². The molecule has 0 aliphatic heterocycles. The van der Waals surface area contributed by atoms with Gasteiger partial charge in [0.15, 0.2) is 0 Å². The normalized spacial score (nSPS) is 12.9. The summed E-state index contributed by atoms with van der Waals surface area (Å²) in [5, 5.41) is 2.73. The Balaban J connectivity index is 2.36. The number of para-hydroxylation sites is 1. The fourth-order valence-electron chi connectivity index (χ4n) is 2.58. The minimum Gasteiger partial charge on any atom is -0.323 e. The van der Waals surface area contributed by atoms with Crippen molar-refractivity contribution in [3.05, 3.63) is 78.4 Å². The highest BCUT2D eigenvalue weighted by atomic mass is 32.2. The molecule has 1 heterocycles. The summed E-state index contributed by atoms with van der Waals surface area (Å²) in [7, 11) is -10.2. The summed E-state index contributed by atoms with van der Waals surface area (Å²) in [6.45, 7) is 0. The van der Waals surface area contributed by atoms with Crippen LogP contribution in [0.2, 0.25) is 0 Å². The van der Waals surface area contributed by atoms with Crippen LogP contribution >= 0.6 is 0 Å². The highest BCUT2D eigenvalue weighted by molar-refractivity contribution is 8.01. The lowest BCUT2D eigenvalue weighted by atomic mass is 10.1. The Morgan fingerprint density at radius 2 is 1.31 bits per heavy atom. The zero-order valence-electron chi connectivity index (χ0n) is 14.5. The lowest BCUT2D eigenvalue weighted by Gasteiger charge is -2.15. The number of aromatic nitrogens is 3. The zero-order chi connectivity index (χ0) is 21.1. The minimum absolute atomic E-state index is 0.0512. The second kappa shape index (κ2) is 8.05. The van der Waals surface area contributed by atoms with Gasteiger partial charge in [-0.05, 0) is 11.6 Å². The van der Waals surface area contributed by atoms with Crippen LogP contribution in [-0.4, -0.2) is 40.9 Å². The molecule has 0 radical (unpaired) electrons. The van der Waals surface area contributed by atoms with E-state index in [-0.39, 0.29) is 22.8 Å². The molecule has 0 aliphatic carbocycles. The van der Waals surface area contributed by atoms with Crippen molar-refractivity contribution in [3.8, 4) is 0 Å². The van der Waals surface area contributed by atoms with Crippen molar-refractivity contribution in [2.24, 2.45) is 0 Å². The van der Waals surface area contributed by atoms with E-state index in [4.69, 9.17) is 0 Å². The molecule has 1 aromatic heterocycles. The van der Waals surface area contributed by atoms with Crippen LogP contribution in [0.15, 0.2) is 67.3 Å². The lowest BCUT2D eigenvalue weighted by Crippen LogP contribution is -2.12. The number of anilines is 2. The molecular weight excluding hydrogens is 420 g/mol. The maximum atomic E-state index is 12.3. The van der Waals surface area contributed by atoms with Crippen molar-refractivity contribution in [3.63, 3.8) is 0 Å². The molecule has 10 nitrogen and oxygen atoms in total. The highest BCUT2D eigenvalue weighted by Crippen LogP contribution is 2.37. The number of nitrogens with zero attached hydrogens (tertiary/aromatic N) is 3. The summed E-state index contributed by atoms with van der Waals surface area (Å²) < 4.78 is 68.4. The fourth-order valence-corrected chi connectivity index (χ4v) is 4.80. The largest absolute Gasteiger partial charge is 0.323 e. The molecule has 0 amide bonds. The van der Waals surface area contributed by atoms with Gasteiger partial charge in [-0.1, -0.05) is 48.5 Å². The molecule has 0 saturated carbocycles. The van der Waals surface area contributed by atoms with E-state index in [0.29, 0.717) is 0 Å². The summed E-state index contributed by atoms with van der Waals surface area (Å²) in [6.07, 6.45) is 2.40. The molecule has 0 aliphatic rings. The van der Waals surface area contributed by atoms with Crippen molar-refractivity contribution >= 4 is 41.7 Å². The lowest BCUT2D eigenvalue weighted by molar-refractivity contribution is 0.491. The maximum absolute atomic E-state index is 12.3. The van der Waals surface area contributed by atoms with Crippen molar-refractivity contribution in [2.45, 2.75) is 0 Å². The molecule has 0 atom stereocenters. The molecule has 0 bridgehead atoms. The standard InChI is InChI=1S/C17H14N4O6S2/c22-28(23,24)15(12-6-2-1-3-7-12)16(29(25,26)27)13-8-4-5-9-14(13)21-17-19-10-18-11-20-17/h1-11H,(H,22,23,24)(H,25,26,27)(H,18,19,20,21). The van der Waals surface area contributed by atoms with Gasteiger partial charge in [0.2, 0.25) is 5.95 Å². The number of hydrogen-bond acceptors (Lipinski definition) is 8. The molecule has 2 aromatic carbocycles. The van der Waals surface area contributed by atoms with Gasteiger partial charge in [-0.25, -0.2) is 15.0 Å². The Hall–Kier alpha value is -3.19. The SMILES string of the molecule is O=S(=O)(O)C(=C(c1ccccc1Nc1ncncn1)S(=O)(=O)O)c1ccccc1. The molecule has 0 unspecified atom stereocenters. The summed E-state index contributed by atoms with van der Waals surface area (Å²) in [6, 6.07) is 12.7. The molecule has 0 spiro atoms. The molecular formula is C17H14N4O6S2. The quantitative estimate of drug-likeness (QED) is 0.388. The van der Waals surface area contributed by atoms with Gasteiger partial charge in [0.05, 0.1) is 0 Å². The van der Waals surface area contributed by atoms with Crippen LogP contribution in [0.5, 0.6) is 0 Å². The van der Waals surface area contributed by atoms with Gasteiger partial charge in [-0.15, -0.1) is 0 Å². The Morgan fingerprint density at radius 3 is 1.90 bits per heavy atom. The van der Waals surface area contributed by atoms with E-state index >= 15 is 0 Å². The van der Waals surface area contributed by atoms with Gasteiger partial charge in [0.25, 0.3) is 20.2 Å². The van der Waals surface area contributed by atoms with Crippen LogP contribution in [0.4, 0.5) is 11.6 Å². The second-order valence-electron chi connectivity index (χ2n) is 5.61. The third-order valence-corrected chi connectivity index (χ3v) is 5.69. The number of benzene rings is 2. The molecule has 3 N–H and O–H groups in total. The topological polar surface area (TPSA) is 159 Å². The molecule has 150 valence electrons. The first-order valence-electron chi connectivity index (χ1n) is 7.91. The average Bonchev–Trinajstić information content (AvgIpc) is 2.66. The van der Waals surface area contributed by atoms with Crippen molar-refractivity contribution in [1.82, 2.24) is 15.0 Å². The molecule has 0 saturated heterocycles. The number of nitrogens with one attached hydrogen (secondary N) is 1. The van der Waals surface area contributed by atoms with Crippen LogP contribution in [0.25, 0.3) is 9.81 Å². The third-order valence-electron chi connectivity index (χ3n) is 3.67. The summed E-state index contributed by atoms with van der Waals surface area (Å²) in [4.78, 5) is 9.42. The first-order chi connectivity index (χ1) is 13.7. The van der Waals surface area contributed by atoms with Crippen LogP contribution in [0.1, 0.15) is 11.1 Å². The van der Waals surface area contributed by atoms with Crippen LogP contribution in [-0.2, 0) is 20.2 Å². The Morgan fingerprint density at radius 1 is 0.759 bits per heavy atom. The van der Waals surface area contributed by atoms with Crippen molar-refractivity contribution < 1.29 is 25.9 Å². The van der Waals surface area contributed by atoms with Gasteiger partial charge >= 0.3 is 0 Å². The Kier molecular flexibility index (Phi) is 5.70. The first-order valence-corrected chi connectivity index (χ1v) is 10.8. The minimum atomic E-state index is -5.12. The van der Waals surface area contributed by atoms with Crippen LogP contribution in [0.3, 0.4) is 0 Å². The van der Waals surface area contributed by atoms with Crippen LogP contribution in [0, 0.1) is 0 Å². The number of hydrogen-bond donors (Lipinski definition) is 3.